The van der Waals surface area contributed by atoms with E-state index in [0.717, 1.165) is 11.3 Å². The molecule has 0 aliphatic rings. The average molecular weight is 156 g/mol. The fourth-order valence-electron chi connectivity index (χ4n) is 0.753. The van der Waals surface area contributed by atoms with Gasteiger partial charge in [0.15, 0.2) is 0 Å². The first-order chi connectivity index (χ1) is 4.75. The normalized spacial score (nSPS) is 9.50. The molecule has 0 saturated carbocycles. The van der Waals surface area contributed by atoms with Crippen LogP contribution in [0, 0.1) is 13.0 Å². The highest BCUT2D eigenvalue weighted by atomic mass is 35.5. The van der Waals surface area contributed by atoms with E-state index in [1.807, 2.05) is 13.0 Å². The van der Waals surface area contributed by atoms with Crippen molar-refractivity contribution >= 4 is 11.6 Å². The Balaban J connectivity index is 3.14. The molecule has 0 aliphatic heterocycles. The van der Waals surface area contributed by atoms with Crippen molar-refractivity contribution in [3.05, 3.63) is 28.8 Å². The Morgan fingerprint density at radius 3 is 2.80 bits per heavy atom. The summed E-state index contributed by atoms with van der Waals surface area (Å²) in [6.07, 6.45) is 0. The molecule has 0 aromatic heterocycles. The van der Waals surface area contributed by atoms with Crippen molar-refractivity contribution in [2.75, 3.05) is 7.11 Å². The smallest absolute Gasteiger partial charge is 0.123 e. The van der Waals surface area contributed by atoms with Crippen molar-refractivity contribution in [2.24, 2.45) is 0 Å². The minimum absolute atomic E-state index is 0.624. The van der Waals surface area contributed by atoms with Crippen LogP contribution in [0.2, 0.25) is 5.02 Å². The predicted octanol–water partition coefficient (Wildman–Crippen LogP) is 2.46. The molecule has 1 aromatic rings. The summed E-state index contributed by atoms with van der Waals surface area (Å²) in [5.41, 5.74) is 0.937. The first kappa shape index (κ1) is 7.42. The van der Waals surface area contributed by atoms with Crippen LogP contribution in [0.3, 0.4) is 0 Å². The minimum atomic E-state index is 0.624. The molecule has 0 aliphatic carbocycles. The third-order valence-electron chi connectivity index (χ3n) is 1.36. The maximum absolute atomic E-state index is 5.76. The van der Waals surface area contributed by atoms with E-state index in [4.69, 9.17) is 16.3 Å². The molecule has 0 atom stereocenters. The van der Waals surface area contributed by atoms with Crippen molar-refractivity contribution in [3.63, 3.8) is 0 Å². The Morgan fingerprint density at radius 2 is 2.30 bits per heavy atom. The summed E-state index contributed by atoms with van der Waals surface area (Å²) in [7, 11) is 1.62. The highest BCUT2D eigenvalue weighted by Crippen LogP contribution is 2.23. The van der Waals surface area contributed by atoms with Crippen LogP contribution in [-0.4, -0.2) is 7.11 Å². The van der Waals surface area contributed by atoms with Gasteiger partial charge in [-0.25, -0.2) is 0 Å². The fraction of sp³-hybridized carbons (Fsp3) is 0.250. The lowest BCUT2D eigenvalue weighted by Gasteiger charge is -2.03. The Morgan fingerprint density at radius 1 is 1.60 bits per heavy atom. The van der Waals surface area contributed by atoms with Crippen LogP contribution < -0.4 is 4.74 Å². The van der Waals surface area contributed by atoms with Gasteiger partial charge in [0.05, 0.1) is 12.1 Å². The Hall–Kier alpha value is -0.690. The maximum atomic E-state index is 5.76. The summed E-state index contributed by atoms with van der Waals surface area (Å²) < 4.78 is 5.02. The topological polar surface area (TPSA) is 9.23 Å². The van der Waals surface area contributed by atoms with E-state index in [2.05, 4.69) is 6.07 Å². The number of hydrogen-bond acceptors (Lipinski definition) is 1. The third-order valence-corrected chi connectivity index (χ3v) is 1.76. The molecule has 1 rings (SSSR count). The molecule has 1 aromatic carbocycles. The van der Waals surface area contributed by atoms with E-state index in [1.165, 1.54) is 0 Å². The van der Waals surface area contributed by atoms with Crippen LogP contribution in [0.5, 0.6) is 5.75 Å². The Bertz CT molecular complexity index is 233. The van der Waals surface area contributed by atoms with Gasteiger partial charge in [-0.15, -0.1) is 0 Å². The highest BCUT2D eigenvalue weighted by molar-refractivity contribution is 6.31. The number of benzene rings is 1. The van der Waals surface area contributed by atoms with E-state index in [1.54, 1.807) is 13.2 Å². The Kier molecular flexibility index (Phi) is 2.17. The van der Waals surface area contributed by atoms with E-state index >= 15 is 0 Å². The zero-order chi connectivity index (χ0) is 7.56. The Labute approximate surface area is 65.6 Å². The van der Waals surface area contributed by atoms with Gasteiger partial charge in [0.1, 0.15) is 5.75 Å². The monoisotopic (exact) mass is 155 g/mol. The van der Waals surface area contributed by atoms with Crippen LogP contribution in [-0.2, 0) is 0 Å². The van der Waals surface area contributed by atoms with Gasteiger partial charge in [-0.3, -0.25) is 0 Å². The SMILES string of the molecule is COc1cc[c]c(Cl)c1C. The first-order valence-corrected chi connectivity index (χ1v) is 3.34. The summed E-state index contributed by atoms with van der Waals surface area (Å²) in [6.45, 7) is 1.90. The van der Waals surface area contributed by atoms with Crippen molar-refractivity contribution in [3.8, 4) is 5.75 Å². The quantitative estimate of drug-likeness (QED) is 0.606. The standard InChI is InChI=1S/C8H8ClO/c1-6-7(9)4-3-5-8(6)10-2/h3,5H,1-2H3. The molecule has 2 heteroatoms. The molecule has 0 heterocycles. The molecule has 0 saturated heterocycles. The first-order valence-electron chi connectivity index (χ1n) is 2.96. The summed E-state index contributed by atoms with van der Waals surface area (Å²) in [4.78, 5) is 0. The molecule has 0 bridgehead atoms. The summed E-state index contributed by atoms with van der Waals surface area (Å²) in [5.74, 6) is 0.809. The van der Waals surface area contributed by atoms with Gasteiger partial charge in [-0.2, -0.15) is 0 Å². The molecular formula is C8H8ClO. The number of methoxy groups -OCH3 is 1. The zero-order valence-electron chi connectivity index (χ0n) is 5.94. The number of halogens is 1. The van der Waals surface area contributed by atoms with Gasteiger partial charge in [-0.1, -0.05) is 11.6 Å². The van der Waals surface area contributed by atoms with Crippen LogP contribution in [0.25, 0.3) is 0 Å². The van der Waals surface area contributed by atoms with E-state index in [9.17, 15) is 0 Å². The van der Waals surface area contributed by atoms with E-state index in [0.29, 0.717) is 5.02 Å². The van der Waals surface area contributed by atoms with Gasteiger partial charge in [0.2, 0.25) is 0 Å². The van der Waals surface area contributed by atoms with E-state index < -0.39 is 0 Å². The zero-order valence-corrected chi connectivity index (χ0v) is 6.70. The molecule has 0 unspecified atom stereocenters. The lowest BCUT2D eigenvalue weighted by atomic mass is 10.2. The molecular weight excluding hydrogens is 148 g/mol. The molecule has 0 amide bonds. The maximum Gasteiger partial charge on any atom is 0.123 e. The molecule has 0 N–H and O–H groups in total. The lowest BCUT2D eigenvalue weighted by Crippen LogP contribution is -1.86. The van der Waals surface area contributed by atoms with Crippen molar-refractivity contribution in [1.82, 2.24) is 0 Å². The lowest BCUT2D eigenvalue weighted by molar-refractivity contribution is 0.411. The third kappa shape index (κ3) is 1.24. The van der Waals surface area contributed by atoms with Gasteiger partial charge in [0.25, 0.3) is 0 Å². The highest BCUT2D eigenvalue weighted by Gasteiger charge is 1.99. The second-order valence-electron chi connectivity index (χ2n) is 1.99. The van der Waals surface area contributed by atoms with Crippen molar-refractivity contribution < 1.29 is 4.74 Å². The second-order valence-corrected chi connectivity index (χ2v) is 2.36. The van der Waals surface area contributed by atoms with E-state index in [-0.39, 0.29) is 0 Å². The van der Waals surface area contributed by atoms with Crippen LogP contribution in [0.15, 0.2) is 12.1 Å². The predicted molar refractivity (Wildman–Crippen MR) is 41.6 cm³/mol. The molecule has 0 fully saturated rings. The number of rotatable bonds is 1. The second kappa shape index (κ2) is 2.93. The average Bonchev–Trinajstić information content (AvgIpc) is 1.95. The fourth-order valence-corrected chi connectivity index (χ4v) is 0.909. The summed E-state index contributed by atoms with van der Waals surface area (Å²) in [6, 6.07) is 6.44. The van der Waals surface area contributed by atoms with Gasteiger partial charge in [-0.05, 0) is 19.1 Å². The summed E-state index contributed by atoms with van der Waals surface area (Å²) >= 11 is 5.76. The number of hydrogen-bond donors (Lipinski definition) is 0. The number of ether oxygens (including phenoxy) is 1. The van der Waals surface area contributed by atoms with Crippen molar-refractivity contribution in [1.29, 1.82) is 0 Å². The largest absolute Gasteiger partial charge is 0.496 e. The van der Waals surface area contributed by atoms with Gasteiger partial charge >= 0.3 is 0 Å². The molecule has 1 radical (unpaired) electrons. The minimum Gasteiger partial charge on any atom is -0.496 e. The van der Waals surface area contributed by atoms with Crippen LogP contribution in [0.1, 0.15) is 5.56 Å². The molecule has 53 valence electrons. The van der Waals surface area contributed by atoms with Gasteiger partial charge < -0.3 is 4.74 Å². The van der Waals surface area contributed by atoms with Crippen LogP contribution in [0.4, 0.5) is 0 Å². The molecule has 0 spiro atoms. The van der Waals surface area contributed by atoms with Crippen molar-refractivity contribution in [2.45, 2.75) is 6.92 Å². The molecule has 10 heavy (non-hydrogen) atoms. The van der Waals surface area contributed by atoms with Gasteiger partial charge in [0, 0.05) is 11.6 Å². The van der Waals surface area contributed by atoms with Crippen LogP contribution >= 0.6 is 11.6 Å². The molecule has 1 nitrogen and oxygen atoms in total. The summed E-state index contributed by atoms with van der Waals surface area (Å²) in [5, 5.41) is 0.624.